The SMILES string of the molecule is CCCC(P(c1ccccc1)c1ccccc1)(P(c1ccccc1)c1ccccc1)C12C=CC(C=C1)C2.F[B-](F)(F)F.[Rh]. The molecule has 6 rings (SSSR count). The van der Waals surface area contributed by atoms with E-state index in [0.717, 1.165) is 6.42 Å². The van der Waals surface area contributed by atoms with E-state index in [9.17, 15) is 17.3 Å². The molecular weight excluding hydrogens is 672 g/mol. The first kappa shape index (κ1) is 33.5. The molecule has 4 aromatic rings. The number of hydrogen-bond acceptors (Lipinski definition) is 0. The molecule has 0 atom stereocenters. The zero-order valence-corrected chi connectivity index (χ0v) is 27.3. The minimum absolute atomic E-state index is 0. The minimum atomic E-state index is -6.00. The maximum atomic E-state index is 9.75. The van der Waals surface area contributed by atoms with Crippen LogP contribution in [-0.4, -0.2) is 12.2 Å². The molecule has 0 fully saturated rings. The van der Waals surface area contributed by atoms with Gasteiger partial charge in [0.2, 0.25) is 0 Å². The molecule has 4 aromatic carbocycles. The molecule has 0 aliphatic heterocycles. The summed E-state index contributed by atoms with van der Waals surface area (Å²) >= 11 is 0. The molecule has 1 radical (unpaired) electrons. The van der Waals surface area contributed by atoms with Crippen molar-refractivity contribution in [1.29, 1.82) is 0 Å². The van der Waals surface area contributed by atoms with Crippen molar-refractivity contribution >= 4 is 44.3 Å². The second-order valence-corrected chi connectivity index (χ2v) is 16.0. The summed E-state index contributed by atoms with van der Waals surface area (Å²) in [6, 6.07) is 45.8. The average Bonchev–Trinajstić information content (AvgIpc) is 3.62. The molecule has 0 aromatic heterocycles. The summed E-state index contributed by atoms with van der Waals surface area (Å²) in [4.78, 5) is 0.0239. The third kappa shape index (κ3) is 7.31. The summed E-state index contributed by atoms with van der Waals surface area (Å²) in [5.41, 5.74) is 0.0302. The van der Waals surface area contributed by atoms with Gasteiger partial charge in [0.25, 0.3) is 0 Å². The standard InChI is InChI=1S/C35H34P2.BF4.Rh/c1-2-25-35(34-26-23-29(28-34)24-27-34,36(30-15-7-3-8-16-30)31-17-9-4-10-18-31)37(32-19-11-5-12-20-32)33-21-13-6-14-22-33;2-1(3,4)5;/h3-24,26-27,29H,2,25,28H2,1H3;;/q;-1;. The monoisotopic (exact) mass is 706 g/mol. The van der Waals surface area contributed by atoms with Crippen molar-refractivity contribution < 1.29 is 36.7 Å². The molecule has 0 amide bonds. The van der Waals surface area contributed by atoms with E-state index >= 15 is 0 Å². The number of fused-ring (bicyclic) bond motifs is 2. The third-order valence-electron chi connectivity index (χ3n) is 8.00. The zero-order chi connectivity index (χ0) is 29.6. The Labute approximate surface area is 268 Å². The van der Waals surface area contributed by atoms with Gasteiger partial charge < -0.3 is 17.3 Å². The molecule has 225 valence electrons. The number of hydrogen-bond donors (Lipinski definition) is 0. The molecule has 2 aliphatic carbocycles. The van der Waals surface area contributed by atoms with Crippen LogP contribution in [-0.2, 0) is 19.5 Å². The largest absolute Gasteiger partial charge is 0.673 e. The zero-order valence-electron chi connectivity index (χ0n) is 23.9. The van der Waals surface area contributed by atoms with Crippen LogP contribution in [0.1, 0.15) is 26.2 Å². The summed E-state index contributed by atoms with van der Waals surface area (Å²) in [6.45, 7) is 2.40. The second-order valence-electron chi connectivity index (χ2n) is 10.7. The molecule has 2 bridgehead atoms. The Bertz CT molecular complexity index is 1300. The Morgan fingerprint density at radius 1 is 0.628 bits per heavy atom. The number of allylic oxidation sites excluding steroid dienone is 4. The first-order valence-corrected chi connectivity index (χ1v) is 17.0. The summed E-state index contributed by atoms with van der Waals surface area (Å²) in [6.07, 6.45) is 13.8. The summed E-state index contributed by atoms with van der Waals surface area (Å²) < 4.78 is 39.0. The van der Waals surface area contributed by atoms with Gasteiger partial charge in [-0.05, 0) is 55.8 Å². The van der Waals surface area contributed by atoms with Crippen LogP contribution in [0.25, 0.3) is 0 Å². The van der Waals surface area contributed by atoms with Gasteiger partial charge >= 0.3 is 7.25 Å². The predicted molar refractivity (Wildman–Crippen MR) is 175 cm³/mol. The van der Waals surface area contributed by atoms with Crippen LogP contribution in [0.4, 0.5) is 17.3 Å². The van der Waals surface area contributed by atoms with E-state index in [1.54, 1.807) is 0 Å². The van der Waals surface area contributed by atoms with Gasteiger partial charge in [-0.15, -0.1) is 0 Å². The van der Waals surface area contributed by atoms with E-state index in [-0.39, 0.29) is 29.8 Å². The van der Waals surface area contributed by atoms with Crippen molar-refractivity contribution in [2.45, 2.75) is 31.1 Å². The molecule has 0 saturated heterocycles. The molecule has 43 heavy (non-hydrogen) atoms. The minimum Gasteiger partial charge on any atom is -0.418 e. The number of halogens is 4. The first-order valence-electron chi connectivity index (χ1n) is 14.3. The first-order chi connectivity index (χ1) is 20.3. The fourth-order valence-electron chi connectivity index (χ4n) is 6.58. The molecule has 0 unspecified atom stereocenters. The van der Waals surface area contributed by atoms with Gasteiger partial charge in [0.1, 0.15) is 0 Å². The van der Waals surface area contributed by atoms with Gasteiger partial charge in [-0.3, -0.25) is 0 Å². The van der Waals surface area contributed by atoms with E-state index in [4.69, 9.17) is 0 Å². The van der Waals surface area contributed by atoms with Gasteiger partial charge in [-0.25, -0.2) is 0 Å². The number of rotatable bonds is 9. The van der Waals surface area contributed by atoms with E-state index < -0.39 is 23.1 Å². The van der Waals surface area contributed by atoms with Crippen LogP contribution < -0.4 is 21.2 Å². The Balaban J connectivity index is 0.000000654. The Morgan fingerprint density at radius 3 is 1.16 bits per heavy atom. The average molecular weight is 706 g/mol. The van der Waals surface area contributed by atoms with Gasteiger partial charge in [0, 0.05) is 29.8 Å². The quantitative estimate of drug-likeness (QED) is 0.0706. The maximum absolute atomic E-state index is 9.75. The summed E-state index contributed by atoms with van der Waals surface area (Å²) in [7, 11) is -7.41. The summed E-state index contributed by atoms with van der Waals surface area (Å²) in [5.74, 6) is 0.558. The topological polar surface area (TPSA) is 0 Å². The molecular formula is C35H34BF4P2Rh-. The molecule has 2 aliphatic rings. The third-order valence-corrected chi connectivity index (χ3v) is 15.2. The molecule has 0 heterocycles. The predicted octanol–water partition coefficient (Wildman–Crippen LogP) is 9.18. The van der Waals surface area contributed by atoms with Crippen molar-refractivity contribution in [3.05, 3.63) is 146 Å². The van der Waals surface area contributed by atoms with Gasteiger partial charge in [0.05, 0.1) is 0 Å². The van der Waals surface area contributed by atoms with Gasteiger partial charge in [-0.2, -0.15) is 0 Å². The molecule has 0 saturated carbocycles. The van der Waals surface area contributed by atoms with E-state index in [1.165, 1.54) is 34.1 Å². The van der Waals surface area contributed by atoms with Crippen molar-refractivity contribution in [2.75, 3.05) is 0 Å². The summed E-state index contributed by atoms with van der Waals surface area (Å²) in [5, 5.41) is 5.96. The second kappa shape index (κ2) is 14.6. The van der Waals surface area contributed by atoms with Crippen molar-refractivity contribution in [1.82, 2.24) is 0 Å². The van der Waals surface area contributed by atoms with Crippen LogP contribution in [0.2, 0.25) is 0 Å². The number of benzene rings is 4. The smallest absolute Gasteiger partial charge is 0.418 e. The van der Waals surface area contributed by atoms with Crippen molar-refractivity contribution in [2.24, 2.45) is 11.3 Å². The normalized spacial score (nSPS) is 18.8. The Kier molecular flexibility index (Phi) is 11.4. The van der Waals surface area contributed by atoms with E-state index in [0.29, 0.717) is 5.92 Å². The maximum Gasteiger partial charge on any atom is 0.673 e. The van der Waals surface area contributed by atoms with Gasteiger partial charge in [0.15, 0.2) is 0 Å². The molecule has 0 spiro atoms. The molecule has 0 nitrogen and oxygen atoms in total. The van der Waals surface area contributed by atoms with Crippen LogP contribution in [0.5, 0.6) is 0 Å². The fourth-order valence-corrected chi connectivity index (χ4v) is 15.2. The Morgan fingerprint density at radius 2 is 0.930 bits per heavy atom. The van der Waals surface area contributed by atoms with E-state index in [2.05, 4.69) is 153 Å². The molecule has 0 N–H and O–H groups in total. The fraction of sp³-hybridized carbons (Fsp3) is 0.200. The van der Waals surface area contributed by atoms with Crippen LogP contribution in [0, 0.1) is 11.3 Å². The Hall–Kier alpha value is -2.37. The van der Waals surface area contributed by atoms with Crippen LogP contribution >= 0.6 is 15.8 Å². The van der Waals surface area contributed by atoms with Crippen LogP contribution in [0.15, 0.2) is 146 Å². The van der Waals surface area contributed by atoms with Crippen LogP contribution in [0.3, 0.4) is 0 Å². The molecule has 8 heteroatoms. The van der Waals surface area contributed by atoms with Gasteiger partial charge in [-0.1, -0.05) is 159 Å². The van der Waals surface area contributed by atoms with Crippen molar-refractivity contribution in [3.63, 3.8) is 0 Å². The van der Waals surface area contributed by atoms with E-state index in [1.807, 2.05) is 0 Å². The van der Waals surface area contributed by atoms with Crippen molar-refractivity contribution in [3.8, 4) is 0 Å².